The van der Waals surface area contributed by atoms with E-state index in [-0.39, 0.29) is 0 Å². The first kappa shape index (κ1) is 16.0. The van der Waals surface area contributed by atoms with Crippen molar-refractivity contribution < 1.29 is 4.74 Å². The van der Waals surface area contributed by atoms with E-state index in [4.69, 9.17) is 10.00 Å². The summed E-state index contributed by atoms with van der Waals surface area (Å²) in [7, 11) is 1.74. The van der Waals surface area contributed by atoms with Gasteiger partial charge in [-0.25, -0.2) is 0 Å². The largest absolute Gasteiger partial charge is 0.383 e. The molecule has 0 saturated carbocycles. The van der Waals surface area contributed by atoms with Gasteiger partial charge in [0, 0.05) is 26.7 Å². The van der Waals surface area contributed by atoms with E-state index in [2.05, 4.69) is 22.4 Å². The highest BCUT2D eigenvalue weighted by Gasteiger charge is 2.19. The minimum absolute atomic E-state index is 0.717. The van der Waals surface area contributed by atoms with Gasteiger partial charge in [0.1, 0.15) is 0 Å². The Balaban J connectivity index is 1.79. The average Bonchev–Trinajstić information content (AvgIpc) is 2.52. The number of hydrogen-bond acceptors (Lipinski definition) is 4. The number of nitrogens with zero attached hydrogens (tertiary/aromatic N) is 2. The fraction of sp³-hybridized carbons (Fsp3) is 0.588. The lowest BCUT2D eigenvalue weighted by Gasteiger charge is -2.33. The number of rotatable bonds is 7. The van der Waals surface area contributed by atoms with Crippen molar-refractivity contribution in [2.24, 2.45) is 5.92 Å². The lowest BCUT2D eigenvalue weighted by Crippen LogP contribution is -2.39. The number of piperidine rings is 1. The molecule has 1 aromatic carbocycles. The molecule has 1 unspecified atom stereocenters. The summed E-state index contributed by atoms with van der Waals surface area (Å²) in [6.45, 7) is 6.01. The van der Waals surface area contributed by atoms with E-state index in [0.29, 0.717) is 0 Å². The van der Waals surface area contributed by atoms with E-state index >= 15 is 0 Å². The Morgan fingerprint density at radius 3 is 3.19 bits per heavy atom. The van der Waals surface area contributed by atoms with E-state index in [1.54, 1.807) is 7.11 Å². The van der Waals surface area contributed by atoms with Crippen molar-refractivity contribution in [2.45, 2.75) is 19.4 Å². The maximum absolute atomic E-state index is 8.97. The highest BCUT2D eigenvalue weighted by atomic mass is 16.5. The van der Waals surface area contributed by atoms with Crippen LogP contribution in [0.15, 0.2) is 24.3 Å². The van der Waals surface area contributed by atoms with Gasteiger partial charge in [0.2, 0.25) is 0 Å². The minimum atomic E-state index is 0.717. The van der Waals surface area contributed by atoms with Crippen molar-refractivity contribution in [2.75, 3.05) is 39.9 Å². The standard InChI is InChI=1S/C17H25N3O/c1-21-9-7-19-12-17-6-3-8-20(14-17)13-16-5-2-4-15(10-16)11-18/h2,4-5,10,17,19H,3,6-9,12-14H2,1H3. The zero-order chi connectivity index (χ0) is 14.9. The van der Waals surface area contributed by atoms with Crippen molar-refractivity contribution in [1.29, 1.82) is 5.26 Å². The van der Waals surface area contributed by atoms with Crippen LogP contribution in [0.25, 0.3) is 0 Å². The highest BCUT2D eigenvalue weighted by molar-refractivity contribution is 5.32. The Labute approximate surface area is 127 Å². The summed E-state index contributed by atoms with van der Waals surface area (Å²) < 4.78 is 5.05. The van der Waals surface area contributed by atoms with Crippen molar-refractivity contribution in [3.63, 3.8) is 0 Å². The number of methoxy groups -OCH3 is 1. The van der Waals surface area contributed by atoms with Crippen LogP contribution in [-0.4, -0.2) is 44.8 Å². The third-order valence-electron chi connectivity index (χ3n) is 3.98. The zero-order valence-electron chi connectivity index (χ0n) is 12.8. The Morgan fingerprint density at radius 1 is 1.48 bits per heavy atom. The number of nitrogens with one attached hydrogen (secondary N) is 1. The third-order valence-corrected chi connectivity index (χ3v) is 3.98. The normalized spacial score (nSPS) is 19.3. The van der Waals surface area contributed by atoms with Crippen LogP contribution in [0.5, 0.6) is 0 Å². The molecule has 0 radical (unpaired) electrons. The summed E-state index contributed by atoms with van der Waals surface area (Å²) in [5, 5.41) is 12.4. The molecule has 21 heavy (non-hydrogen) atoms. The maximum atomic E-state index is 8.97. The van der Waals surface area contributed by atoms with Crippen molar-refractivity contribution >= 4 is 0 Å². The summed E-state index contributed by atoms with van der Waals surface area (Å²) in [5.41, 5.74) is 1.99. The first-order chi connectivity index (χ1) is 10.3. The van der Waals surface area contributed by atoms with Crippen LogP contribution >= 0.6 is 0 Å². The van der Waals surface area contributed by atoms with Gasteiger partial charge in [-0.1, -0.05) is 12.1 Å². The van der Waals surface area contributed by atoms with Crippen LogP contribution in [-0.2, 0) is 11.3 Å². The molecule has 0 aromatic heterocycles. The molecular formula is C17H25N3O. The van der Waals surface area contributed by atoms with Crippen LogP contribution in [0.4, 0.5) is 0 Å². The summed E-state index contributed by atoms with van der Waals surface area (Å²) in [6.07, 6.45) is 2.56. The molecular weight excluding hydrogens is 262 g/mol. The van der Waals surface area contributed by atoms with Gasteiger partial charge in [0.15, 0.2) is 0 Å². The first-order valence-electron chi connectivity index (χ1n) is 7.73. The van der Waals surface area contributed by atoms with Gasteiger partial charge in [-0.3, -0.25) is 4.90 Å². The molecule has 1 aromatic rings. The highest BCUT2D eigenvalue weighted by Crippen LogP contribution is 2.18. The van der Waals surface area contributed by atoms with Crippen molar-refractivity contribution in [3.05, 3.63) is 35.4 Å². The third kappa shape index (κ3) is 5.47. The van der Waals surface area contributed by atoms with E-state index in [1.165, 1.54) is 18.4 Å². The molecule has 0 amide bonds. The number of nitriles is 1. The van der Waals surface area contributed by atoms with Gasteiger partial charge < -0.3 is 10.1 Å². The van der Waals surface area contributed by atoms with Crippen LogP contribution in [0, 0.1) is 17.2 Å². The van der Waals surface area contributed by atoms with E-state index in [9.17, 15) is 0 Å². The number of benzene rings is 1. The van der Waals surface area contributed by atoms with Gasteiger partial charge in [-0.05, 0) is 49.5 Å². The van der Waals surface area contributed by atoms with Crippen molar-refractivity contribution in [3.8, 4) is 6.07 Å². The minimum Gasteiger partial charge on any atom is -0.383 e. The second-order valence-electron chi connectivity index (χ2n) is 5.75. The van der Waals surface area contributed by atoms with Crippen LogP contribution in [0.3, 0.4) is 0 Å². The van der Waals surface area contributed by atoms with Crippen LogP contribution < -0.4 is 5.32 Å². The molecule has 4 nitrogen and oxygen atoms in total. The molecule has 1 atom stereocenters. The Morgan fingerprint density at radius 2 is 2.38 bits per heavy atom. The molecule has 2 rings (SSSR count). The van der Waals surface area contributed by atoms with E-state index in [1.807, 2.05) is 18.2 Å². The molecule has 1 aliphatic rings. The first-order valence-corrected chi connectivity index (χ1v) is 7.73. The van der Waals surface area contributed by atoms with Gasteiger partial charge in [0.25, 0.3) is 0 Å². The second kappa shape index (κ2) is 8.78. The Bertz CT molecular complexity index is 469. The molecule has 1 N–H and O–H groups in total. The Hall–Kier alpha value is -1.41. The fourth-order valence-corrected chi connectivity index (χ4v) is 2.94. The smallest absolute Gasteiger partial charge is 0.0991 e. The monoisotopic (exact) mass is 287 g/mol. The van der Waals surface area contributed by atoms with Gasteiger partial charge in [-0.15, -0.1) is 0 Å². The average molecular weight is 287 g/mol. The van der Waals surface area contributed by atoms with Gasteiger partial charge in [-0.2, -0.15) is 5.26 Å². The lowest BCUT2D eigenvalue weighted by molar-refractivity contribution is 0.159. The molecule has 4 heteroatoms. The molecule has 0 spiro atoms. The summed E-state index contributed by atoms with van der Waals surface area (Å²) in [6, 6.07) is 10.2. The molecule has 0 aliphatic carbocycles. The van der Waals surface area contributed by atoms with Gasteiger partial charge in [0.05, 0.1) is 18.2 Å². The van der Waals surface area contributed by atoms with Crippen LogP contribution in [0.2, 0.25) is 0 Å². The van der Waals surface area contributed by atoms with E-state index < -0.39 is 0 Å². The quantitative estimate of drug-likeness (QED) is 0.779. The number of likely N-dealkylation sites (tertiary alicyclic amines) is 1. The van der Waals surface area contributed by atoms with Crippen LogP contribution in [0.1, 0.15) is 24.0 Å². The Kier molecular flexibility index (Phi) is 6.68. The topological polar surface area (TPSA) is 48.3 Å². The molecule has 1 heterocycles. The molecule has 1 aliphatic heterocycles. The molecule has 0 bridgehead atoms. The lowest BCUT2D eigenvalue weighted by atomic mass is 9.97. The summed E-state index contributed by atoms with van der Waals surface area (Å²) >= 11 is 0. The number of ether oxygens (including phenoxy) is 1. The van der Waals surface area contributed by atoms with Crippen molar-refractivity contribution in [1.82, 2.24) is 10.2 Å². The summed E-state index contributed by atoms with van der Waals surface area (Å²) in [5.74, 6) is 0.717. The number of hydrogen-bond donors (Lipinski definition) is 1. The van der Waals surface area contributed by atoms with E-state index in [0.717, 1.165) is 50.8 Å². The molecule has 1 fully saturated rings. The van der Waals surface area contributed by atoms with Gasteiger partial charge >= 0.3 is 0 Å². The maximum Gasteiger partial charge on any atom is 0.0991 e. The fourth-order valence-electron chi connectivity index (χ4n) is 2.94. The SMILES string of the molecule is COCCNCC1CCCN(Cc2cccc(C#N)c2)C1. The molecule has 1 saturated heterocycles. The molecule has 114 valence electrons. The second-order valence-corrected chi connectivity index (χ2v) is 5.75. The summed E-state index contributed by atoms with van der Waals surface area (Å²) in [4.78, 5) is 2.50. The predicted molar refractivity (Wildman–Crippen MR) is 83.9 cm³/mol. The predicted octanol–water partition coefficient (Wildman–Crippen LogP) is 2.01. The zero-order valence-corrected chi connectivity index (χ0v) is 12.8.